The lowest BCUT2D eigenvalue weighted by molar-refractivity contribution is 0.200. The molecule has 0 spiro atoms. The zero-order valence-corrected chi connectivity index (χ0v) is 10.6. The smallest absolute Gasteiger partial charge is 0.214 e. The normalized spacial score (nSPS) is 18.8. The van der Waals surface area contributed by atoms with Gasteiger partial charge in [0.05, 0.1) is 12.2 Å². The molecule has 1 aliphatic rings. The fraction of sp³-hybridized carbons (Fsp3) is 0.750. The molecule has 2 heterocycles. The molecule has 0 saturated carbocycles. The number of likely N-dealkylation sites (N-methyl/N-ethyl adjacent to an activating group) is 1. The van der Waals surface area contributed by atoms with E-state index in [2.05, 4.69) is 22.4 Å². The van der Waals surface area contributed by atoms with E-state index in [4.69, 9.17) is 0 Å². The third-order valence-electron chi connectivity index (χ3n) is 3.48. The molecular formula is C12H21FN4. The highest BCUT2D eigenvalue weighted by Crippen LogP contribution is 2.23. The summed E-state index contributed by atoms with van der Waals surface area (Å²) in [4.78, 5) is 2.28. The van der Waals surface area contributed by atoms with E-state index < -0.39 is 0 Å². The minimum atomic E-state index is -0.144. The average Bonchev–Trinajstić information content (AvgIpc) is 2.69. The summed E-state index contributed by atoms with van der Waals surface area (Å²) >= 11 is 0. The Morgan fingerprint density at radius 2 is 2.18 bits per heavy atom. The Kier molecular flexibility index (Phi) is 4.12. The number of piperidine rings is 1. The quantitative estimate of drug-likeness (QED) is 0.854. The van der Waals surface area contributed by atoms with Crippen LogP contribution in [-0.2, 0) is 6.42 Å². The zero-order chi connectivity index (χ0) is 12.3. The van der Waals surface area contributed by atoms with E-state index in [0.29, 0.717) is 6.42 Å². The summed E-state index contributed by atoms with van der Waals surface area (Å²) in [5, 5.41) is 7.24. The van der Waals surface area contributed by atoms with Crippen LogP contribution in [0.1, 0.15) is 24.4 Å². The standard InChI is InChI=1S/C12H21FN4/c1-14-6-3-10-9-15-17(12(10)13)11-4-7-16(2)8-5-11/h9,11,14H,3-8H2,1-2H3. The van der Waals surface area contributed by atoms with Gasteiger partial charge in [0.1, 0.15) is 0 Å². The minimum Gasteiger partial charge on any atom is -0.319 e. The highest BCUT2D eigenvalue weighted by atomic mass is 19.1. The van der Waals surface area contributed by atoms with Gasteiger partial charge in [-0.25, -0.2) is 4.68 Å². The van der Waals surface area contributed by atoms with Crippen LogP contribution < -0.4 is 5.32 Å². The first-order valence-electron chi connectivity index (χ1n) is 6.27. The molecule has 0 amide bonds. The molecule has 2 rings (SSSR count). The van der Waals surface area contributed by atoms with Crippen LogP contribution in [0.2, 0.25) is 0 Å². The minimum absolute atomic E-state index is 0.144. The molecule has 0 radical (unpaired) electrons. The first kappa shape index (κ1) is 12.5. The summed E-state index contributed by atoms with van der Waals surface area (Å²) in [6.45, 7) is 2.83. The number of hydrogen-bond donors (Lipinski definition) is 1. The average molecular weight is 240 g/mol. The predicted octanol–water partition coefficient (Wildman–Crippen LogP) is 1.05. The topological polar surface area (TPSA) is 33.1 Å². The summed E-state index contributed by atoms with van der Waals surface area (Å²) in [5.74, 6) is -0.144. The van der Waals surface area contributed by atoms with Gasteiger partial charge in [0.2, 0.25) is 5.95 Å². The molecule has 17 heavy (non-hydrogen) atoms. The third kappa shape index (κ3) is 2.84. The summed E-state index contributed by atoms with van der Waals surface area (Å²) in [6.07, 6.45) is 4.35. The van der Waals surface area contributed by atoms with Crippen LogP contribution in [-0.4, -0.2) is 48.4 Å². The Balaban J connectivity index is 2.03. The van der Waals surface area contributed by atoms with Gasteiger partial charge in [-0.2, -0.15) is 9.49 Å². The molecule has 1 aromatic rings. The lowest BCUT2D eigenvalue weighted by Gasteiger charge is -2.29. The Morgan fingerprint density at radius 3 is 2.82 bits per heavy atom. The largest absolute Gasteiger partial charge is 0.319 e. The summed E-state index contributed by atoms with van der Waals surface area (Å²) in [6, 6.07) is 0.231. The van der Waals surface area contributed by atoms with Crippen molar-refractivity contribution in [2.24, 2.45) is 0 Å². The second-order valence-electron chi connectivity index (χ2n) is 4.79. The molecule has 0 bridgehead atoms. The summed E-state index contributed by atoms with van der Waals surface area (Å²) in [5.41, 5.74) is 0.721. The number of halogens is 1. The Morgan fingerprint density at radius 1 is 1.47 bits per heavy atom. The first-order chi connectivity index (χ1) is 8.22. The second-order valence-corrected chi connectivity index (χ2v) is 4.79. The van der Waals surface area contributed by atoms with Crippen LogP contribution in [0.5, 0.6) is 0 Å². The number of nitrogens with one attached hydrogen (secondary N) is 1. The van der Waals surface area contributed by atoms with Crippen LogP contribution in [0.15, 0.2) is 6.20 Å². The fourth-order valence-corrected chi connectivity index (χ4v) is 2.30. The SMILES string of the molecule is CNCCc1cnn(C2CCN(C)CC2)c1F. The van der Waals surface area contributed by atoms with Crippen molar-refractivity contribution >= 4 is 0 Å². The third-order valence-corrected chi connectivity index (χ3v) is 3.48. The maximum atomic E-state index is 14.1. The van der Waals surface area contributed by atoms with Gasteiger partial charge < -0.3 is 10.2 Å². The molecule has 0 aliphatic carbocycles. The maximum Gasteiger partial charge on any atom is 0.214 e. The van der Waals surface area contributed by atoms with Crippen molar-refractivity contribution in [1.82, 2.24) is 20.0 Å². The number of aromatic nitrogens is 2. The second kappa shape index (κ2) is 5.60. The summed E-state index contributed by atoms with van der Waals surface area (Å²) < 4.78 is 15.7. The van der Waals surface area contributed by atoms with Gasteiger partial charge in [-0.05, 0) is 53.0 Å². The number of rotatable bonds is 4. The van der Waals surface area contributed by atoms with Crippen LogP contribution >= 0.6 is 0 Å². The molecule has 0 unspecified atom stereocenters. The molecule has 1 aliphatic heterocycles. The van der Waals surface area contributed by atoms with Gasteiger partial charge in [0.15, 0.2) is 0 Å². The lowest BCUT2D eigenvalue weighted by atomic mass is 10.1. The van der Waals surface area contributed by atoms with Crippen molar-refractivity contribution in [2.75, 3.05) is 33.7 Å². The van der Waals surface area contributed by atoms with E-state index >= 15 is 0 Å². The molecule has 0 atom stereocenters. The maximum absolute atomic E-state index is 14.1. The van der Waals surface area contributed by atoms with Crippen LogP contribution in [0.25, 0.3) is 0 Å². The molecule has 1 aromatic heterocycles. The first-order valence-corrected chi connectivity index (χ1v) is 6.27. The van der Waals surface area contributed by atoms with Crippen molar-refractivity contribution < 1.29 is 4.39 Å². The molecule has 1 fully saturated rings. The molecule has 5 heteroatoms. The van der Waals surface area contributed by atoms with E-state index in [-0.39, 0.29) is 12.0 Å². The predicted molar refractivity (Wildman–Crippen MR) is 65.6 cm³/mol. The van der Waals surface area contributed by atoms with Gasteiger partial charge in [0.25, 0.3) is 0 Å². The van der Waals surface area contributed by atoms with E-state index in [0.717, 1.165) is 38.0 Å². The molecule has 4 nitrogen and oxygen atoms in total. The van der Waals surface area contributed by atoms with Crippen molar-refractivity contribution in [3.63, 3.8) is 0 Å². The number of hydrogen-bond acceptors (Lipinski definition) is 3. The Labute approximate surface area is 102 Å². The fourth-order valence-electron chi connectivity index (χ4n) is 2.30. The van der Waals surface area contributed by atoms with Crippen LogP contribution in [0, 0.1) is 5.95 Å². The molecule has 1 saturated heterocycles. The number of likely N-dealkylation sites (tertiary alicyclic amines) is 1. The van der Waals surface area contributed by atoms with Crippen LogP contribution in [0.4, 0.5) is 4.39 Å². The Bertz CT molecular complexity index is 355. The monoisotopic (exact) mass is 240 g/mol. The summed E-state index contributed by atoms with van der Waals surface area (Å²) in [7, 11) is 3.98. The van der Waals surface area contributed by atoms with Crippen molar-refractivity contribution in [1.29, 1.82) is 0 Å². The Hall–Kier alpha value is -0.940. The molecule has 0 aromatic carbocycles. The number of nitrogens with zero attached hydrogens (tertiary/aromatic N) is 3. The van der Waals surface area contributed by atoms with Crippen molar-refractivity contribution in [2.45, 2.75) is 25.3 Å². The van der Waals surface area contributed by atoms with Gasteiger partial charge in [-0.15, -0.1) is 0 Å². The van der Waals surface area contributed by atoms with Gasteiger partial charge >= 0.3 is 0 Å². The van der Waals surface area contributed by atoms with E-state index in [9.17, 15) is 4.39 Å². The highest BCUT2D eigenvalue weighted by Gasteiger charge is 2.22. The lowest BCUT2D eigenvalue weighted by Crippen LogP contribution is -2.32. The molecule has 1 N–H and O–H groups in total. The van der Waals surface area contributed by atoms with Gasteiger partial charge in [-0.3, -0.25) is 0 Å². The van der Waals surface area contributed by atoms with E-state index in [1.807, 2.05) is 7.05 Å². The molecule has 96 valence electrons. The highest BCUT2D eigenvalue weighted by molar-refractivity contribution is 5.08. The van der Waals surface area contributed by atoms with Gasteiger partial charge in [-0.1, -0.05) is 0 Å². The van der Waals surface area contributed by atoms with Crippen molar-refractivity contribution in [3.05, 3.63) is 17.7 Å². The van der Waals surface area contributed by atoms with Gasteiger partial charge in [0, 0.05) is 5.56 Å². The molecular weight excluding hydrogens is 219 g/mol. The van der Waals surface area contributed by atoms with E-state index in [1.54, 1.807) is 10.9 Å². The van der Waals surface area contributed by atoms with Crippen LogP contribution in [0.3, 0.4) is 0 Å². The van der Waals surface area contributed by atoms with E-state index in [1.165, 1.54) is 0 Å². The van der Waals surface area contributed by atoms with Crippen molar-refractivity contribution in [3.8, 4) is 0 Å². The zero-order valence-electron chi connectivity index (χ0n) is 10.6.